The third kappa shape index (κ3) is 4.97. The van der Waals surface area contributed by atoms with E-state index in [2.05, 4.69) is 26.4 Å². The van der Waals surface area contributed by atoms with Gasteiger partial charge < -0.3 is 14.0 Å². The number of imidazole rings is 1. The van der Waals surface area contributed by atoms with Crippen LogP contribution in [0.4, 0.5) is 0 Å². The van der Waals surface area contributed by atoms with E-state index in [9.17, 15) is 5.26 Å². The van der Waals surface area contributed by atoms with Gasteiger partial charge in [0.25, 0.3) is 0 Å². The molecule has 31 heavy (non-hydrogen) atoms. The van der Waals surface area contributed by atoms with Crippen molar-refractivity contribution in [2.45, 2.75) is 39.2 Å². The first-order valence-electron chi connectivity index (χ1n) is 10.6. The molecule has 1 aliphatic carbocycles. The van der Waals surface area contributed by atoms with Crippen molar-refractivity contribution in [2.24, 2.45) is 11.8 Å². The Kier molecular flexibility index (Phi) is 6.69. The highest BCUT2D eigenvalue weighted by molar-refractivity contribution is 6.31. The predicted octanol–water partition coefficient (Wildman–Crippen LogP) is 4.87. The van der Waals surface area contributed by atoms with E-state index in [-0.39, 0.29) is 5.82 Å². The molecular formula is C23H26ClN5O2. The molecule has 0 amide bonds. The third-order valence-corrected chi connectivity index (χ3v) is 6.08. The van der Waals surface area contributed by atoms with Gasteiger partial charge >= 0.3 is 0 Å². The molecule has 1 aromatic carbocycles. The molecule has 0 unspecified atom stereocenters. The molecule has 8 heteroatoms. The summed E-state index contributed by atoms with van der Waals surface area (Å²) in [7, 11) is 1.63. The largest absolute Gasteiger partial charge is 0.491 e. The average molecular weight is 440 g/mol. The van der Waals surface area contributed by atoms with Gasteiger partial charge in [-0.15, -0.1) is 0 Å². The average Bonchev–Trinajstić information content (AvgIpc) is 3.17. The van der Waals surface area contributed by atoms with Crippen molar-refractivity contribution in [1.82, 2.24) is 19.5 Å². The summed E-state index contributed by atoms with van der Waals surface area (Å²) < 4.78 is 12.9. The minimum absolute atomic E-state index is 0.0843. The lowest BCUT2D eigenvalue weighted by molar-refractivity contribution is 0.146. The molecule has 4 rings (SSSR count). The molecule has 7 nitrogen and oxygen atoms in total. The Labute approximate surface area is 187 Å². The van der Waals surface area contributed by atoms with Crippen molar-refractivity contribution in [3.05, 3.63) is 35.4 Å². The highest BCUT2D eigenvalue weighted by atomic mass is 35.5. The Hall–Kier alpha value is -2.69. The van der Waals surface area contributed by atoms with Gasteiger partial charge in [-0.1, -0.05) is 31.4 Å². The molecule has 2 heterocycles. The Bertz CT molecular complexity index is 1100. The van der Waals surface area contributed by atoms with Crippen molar-refractivity contribution in [1.29, 1.82) is 5.26 Å². The number of hydrogen-bond donors (Lipinski definition) is 0. The van der Waals surface area contributed by atoms with Crippen molar-refractivity contribution in [3.63, 3.8) is 0 Å². The number of halogens is 1. The monoisotopic (exact) mass is 439 g/mol. The van der Waals surface area contributed by atoms with Crippen LogP contribution >= 0.6 is 11.6 Å². The standard InChI is InChI=1S/C23H26ClN5O2/c1-15-3-5-16(6-4-15)13-29-14-26-23-22(29)21(27-20(12-25)28-23)17-9-18(24)11-19(10-17)31-8-7-30-2/h9-11,14-16H,3-8,13H2,1-2H3. The zero-order valence-corrected chi connectivity index (χ0v) is 18.6. The van der Waals surface area contributed by atoms with Gasteiger partial charge in [-0.05, 0) is 42.9 Å². The number of fused-ring (bicyclic) bond motifs is 1. The summed E-state index contributed by atoms with van der Waals surface area (Å²) in [6.07, 6.45) is 6.75. The van der Waals surface area contributed by atoms with E-state index in [1.807, 2.05) is 24.5 Å². The number of methoxy groups -OCH3 is 1. The first-order valence-corrected chi connectivity index (χ1v) is 11.0. The van der Waals surface area contributed by atoms with Crippen LogP contribution in [0.2, 0.25) is 5.02 Å². The second-order valence-corrected chi connectivity index (χ2v) is 8.66. The fourth-order valence-corrected chi connectivity index (χ4v) is 4.41. The molecule has 0 atom stereocenters. The minimum atomic E-state index is 0.0843. The summed E-state index contributed by atoms with van der Waals surface area (Å²) in [5.74, 6) is 2.11. The lowest BCUT2D eigenvalue weighted by Crippen LogP contribution is -2.17. The topological polar surface area (TPSA) is 85.8 Å². The summed E-state index contributed by atoms with van der Waals surface area (Å²) in [4.78, 5) is 13.3. The lowest BCUT2D eigenvalue weighted by Gasteiger charge is -2.26. The maximum absolute atomic E-state index is 9.44. The van der Waals surface area contributed by atoms with E-state index in [1.54, 1.807) is 13.2 Å². The lowest BCUT2D eigenvalue weighted by atomic mass is 9.83. The van der Waals surface area contributed by atoms with Gasteiger partial charge in [0.1, 0.15) is 29.6 Å². The second kappa shape index (κ2) is 9.63. The van der Waals surface area contributed by atoms with Crippen molar-refractivity contribution < 1.29 is 9.47 Å². The molecule has 2 aromatic heterocycles. The van der Waals surface area contributed by atoms with Crippen molar-refractivity contribution in [2.75, 3.05) is 20.3 Å². The molecule has 162 valence electrons. The van der Waals surface area contributed by atoms with E-state index >= 15 is 0 Å². The van der Waals surface area contributed by atoms with Gasteiger partial charge in [-0.25, -0.2) is 9.97 Å². The number of rotatable bonds is 7. The highest BCUT2D eigenvalue weighted by Gasteiger charge is 2.22. The van der Waals surface area contributed by atoms with Crippen LogP contribution in [0.5, 0.6) is 5.75 Å². The smallest absolute Gasteiger partial charge is 0.234 e. The maximum atomic E-state index is 9.44. The van der Waals surface area contributed by atoms with Crippen LogP contribution in [0.3, 0.4) is 0 Å². The van der Waals surface area contributed by atoms with E-state index in [1.165, 1.54) is 25.7 Å². The van der Waals surface area contributed by atoms with Gasteiger partial charge in [0.05, 0.1) is 12.9 Å². The zero-order chi connectivity index (χ0) is 21.8. The number of nitriles is 1. The van der Waals surface area contributed by atoms with Gasteiger partial charge in [-0.3, -0.25) is 0 Å². The van der Waals surface area contributed by atoms with Crippen LogP contribution in [-0.2, 0) is 11.3 Å². The van der Waals surface area contributed by atoms with Gasteiger partial charge in [0.2, 0.25) is 5.82 Å². The first-order chi connectivity index (χ1) is 15.1. The van der Waals surface area contributed by atoms with E-state index in [0.29, 0.717) is 41.2 Å². The molecular weight excluding hydrogens is 414 g/mol. The van der Waals surface area contributed by atoms with Crippen LogP contribution in [0.15, 0.2) is 24.5 Å². The Morgan fingerprint density at radius 3 is 2.71 bits per heavy atom. The number of nitrogens with zero attached hydrogens (tertiary/aromatic N) is 5. The number of ether oxygens (including phenoxy) is 2. The SMILES string of the molecule is COCCOc1cc(Cl)cc(-c2nc(C#N)nc3ncn(CC4CCC(C)CC4)c23)c1. The minimum Gasteiger partial charge on any atom is -0.491 e. The van der Waals surface area contributed by atoms with Crippen molar-refractivity contribution in [3.8, 4) is 23.1 Å². The Balaban J connectivity index is 1.74. The van der Waals surface area contributed by atoms with E-state index < -0.39 is 0 Å². The molecule has 1 saturated carbocycles. The summed E-state index contributed by atoms with van der Waals surface area (Å²) >= 11 is 6.38. The van der Waals surface area contributed by atoms with Crippen LogP contribution < -0.4 is 4.74 Å². The molecule has 0 bridgehead atoms. The molecule has 1 aliphatic rings. The molecule has 3 aromatic rings. The van der Waals surface area contributed by atoms with Gasteiger partial charge in [0, 0.05) is 24.2 Å². The van der Waals surface area contributed by atoms with Gasteiger partial charge in [0.15, 0.2) is 5.65 Å². The first kappa shape index (κ1) is 21.5. The fraction of sp³-hybridized carbons (Fsp3) is 0.478. The van der Waals surface area contributed by atoms with Crippen LogP contribution in [-0.4, -0.2) is 39.8 Å². The molecule has 0 saturated heterocycles. The van der Waals surface area contributed by atoms with Gasteiger partial charge in [-0.2, -0.15) is 10.2 Å². The second-order valence-electron chi connectivity index (χ2n) is 8.22. The summed E-state index contributed by atoms with van der Waals surface area (Å²) in [5, 5.41) is 9.97. The summed E-state index contributed by atoms with van der Waals surface area (Å²) in [6, 6.07) is 7.50. The maximum Gasteiger partial charge on any atom is 0.234 e. The Morgan fingerprint density at radius 1 is 1.16 bits per heavy atom. The van der Waals surface area contributed by atoms with E-state index in [0.717, 1.165) is 23.5 Å². The van der Waals surface area contributed by atoms with Crippen LogP contribution in [0.1, 0.15) is 38.4 Å². The zero-order valence-electron chi connectivity index (χ0n) is 17.8. The fourth-order valence-electron chi connectivity index (χ4n) is 4.18. The van der Waals surface area contributed by atoms with Crippen LogP contribution in [0.25, 0.3) is 22.4 Å². The molecule has 0 N–H and O–H groups in total. The van der Waals surface area contributed by atoms with E-state index in [4.69, 9.17) is 21.1 Å². The number of hydrogen-bond acceptors (Lipinski definition) is 6. The third-order valence-electron chi connectivity index (χ3n) is 5.86. The molecule has 1 fully saturated rings. The number of aromatic nitrogens is 4. The quantitative estimate of drug-likeness (QED) is 0.488. The normalized spacial score (nSPS) is 18.8. The predicted molar refractivity (Wildman–Crippen MR) is 119 cm³/mol. The molecule has 0 spiro atoms. The highest BCUT2D eigenvalue weighted by Crippen LogP contribution is 2.34. The summed E-state index contributed by atoms with van der Waals surface area (Å²) in [5.41, 5.74) is 2.75. The van der Waals surface area contributed by atoms with Crippen molar-refractivity contribution >= 4 is 22.8 Å². The Morgan fingerprint density at radius 2 is 1.97 bits per heavy atom. The van der Waals surface area contributed by atoms with Crippen LogP contribution in [0, 0.1) is 23.2 Å². The molecule has 0 aliphatic heterocycles. The summed E-state index contributed by atoms with van der Waals surface area (Å²) in [6.45, 7) is 4.08. The molecule has 0 radical (unpaired) electrons. The number of benzene rings is 1.